The maximum absolute atomic E-state index is 12.6. The third-order valence-corrected chi connectivity index (χ3v) is 13.4. The van der Waals surface area contributed by atoms with Crippen LogP contribution in [0.4, 0.5) is 17.1 Å². The number of rotatable bonds is 5. The molecule has 3 aliphatic rings. The Hall–Kier alpha value is -1.17. The number of anilines is 2. The lowest BCUT2D eigenvalue weighted by Gasteiger charge is -2.36. The fourth-order valence-electron chi connectivity index (χ4n) is 4.64. The van der Waals surface area contributed by atoms with Gasteiger partial charge in [-0.1, -0.05) is 14.6 Å². The maximum Gasteiger partial charge on any atom is 0.217 e. The molecule has 33 heavy (non-hydrogen) atoms. The number of fused-ring (bicyclic) bond motifs is 2. The lowest BCUT2D eigenvalue weighted by atomic mass is 10.1. The topological polar surface area (TPSA) is 56.2 Å². The van der Waals surface area contributed by atoms with Crippen LogP contribution in [0.3, 0.4) is 0 Å². The molecule has 0 bridgehead atoms. The molecule has 178 valence electrons. The van der Waals surface area contributed by atoms with Gasteiger partial charge in [-0.15, -0.1) is 0 Å². The molecule has 2 aliphatic heterocycles. The number of sulfonamides is 1. The maximum atomic E-state index is 12.6. The zero-order chi connectivity index (χ0) is 23.5. The zero-order valence-electron chi connectivity index (χ0n) is 19.6. The van der Waals surface area contributed by atoms with Crippen LogP contribution >= 0.6 is 28.9 Å². The molecule has 0 amide bonds. The summed E-state index contributed by atoms with van der Waals surface area (Å²) in [5, 5.41) is 1.01. The van der Waals surface area contributed by atoms with Crippen molar-refractivity contribution in [1.82, 2.24) is 4.31 Å². The first-order valence-electron chi connectivity index (χ1n) is 11.6. The van der Waals surface area contributed by atoms with Gasteiger partial charge in [-0.2, -0.15) is 4.31 Å². The van der Waals surface area contributed by atoms with E-state index in [1.165, 1.54) is 31.9 Å². The number of hydrogen-bond donors (Lipinski definition) is 0. The van der Waals surface area contributed by atoms with Crippen molar-refractivity contribution in [3.63, 3.8) is 0 Å². The van der Waals surface area contributed by atoms with Crippen molar-refractivity contribution in [3.05, 3.63) is 45.3 Å². The van der Waals surface area contributed by atoms with Crippen LogP contribution in [-0.4, -0.2) is 58.2 Å². The fourth-order valence-corrected chi connectivity index (χ4v) is 9.89. The highest BCUT2D eigenvalue weighted by Crippen LogP contribution is 2.48. The third kappa shape index (κ3) is 4.23. The standard InChI is InChI=1S/C24H31IN4O2S2/c1-5-17-13-18(27(3)4)14-22-24(17)26-23-16(2)12-19(15-21(23)32(22)25)28-8-10-29(11-9-28)33(30,31)20-6-7-20/h12-15,20H,5-11H2,1-4H3. The second kappa shape index (κ2) is 8.80. The summed E-state index contributed by atoms with van der Waals surface area (Å²) in [7, 11) is 0.983. The average Bonchev–Trinajstić information content (AvgIpc) is 3.65. The van der Waals surface area contributed by atoms with Crippen LogP contribution in [0.25, 0.3) is 0 Å². The van der Waals surface area contributed by atoms with Crippen molar-refractivity contribution in [2.24, 2.45) is 4.99 Å². The van der Waals surface area contributed by atoms with Crippen LogP contribution in [0.15, 0.2) is 34.2 Å². The molecule has 1 saturated heterocycles. The van der Waals surface area contributed by atoms with Crippen LogP contribution in [-0.2, 0) is 16.4 Å². The summed E-state index contributed by atoms with van der Waals surface area (Å²) in [5.74, 6) is 0. The van der Waals surface area contributed by atoms with E-state index in [0.717, 1.165) is 43.4 Å². The van der Waals surface area contributed by atoms with Gasteiger partial charge in [-0.25, -0.2) is 13.4 Å². The molecule has 6 nitrogen and oxygen atoms in total. The van der Waals surface area contributed by atoms with Gasteiger partial charge in [0.25, 0.3) is 0 Å². The molecule has 1 unspecified atom stereocenters. The van der Waals surface area contributed by atoms with E-state index < -0.39 is 10.0 Å². The van der Waals surface area contributed by atoms with Gasteiger partial charge >= 0.3 is 0 Å². The third-order valence-electron chi connectivity index (χ3n) is 6.81. The first-order chi connectivity index (χ1) is 15.7. The number of nitrogens with zero attached hydrogens (tertiary/aromatic N) is 4. The van der Waals surface area contributed by atoms with E-state index in [9.17, 15) is 8.42 Å². The molecule has 0 spiro atoms. The van der Waals surface area contributed by atoms with Crippen molar-refractivity contribution in [1.29, 1.82) is 0 Å². The summed E-state index contributed by atoms with van der Waals surface area (Å²) in [4.78, 5) is 10.9. The Balaban J connectivity index is 1.51. The summed E-state index contributed by atoms with van der Waals surface area (Å²) in [6.07, 6.45) is 2.61. The first kappa shape index (κ1) is 23.6. The predicted molar refractivity (Wildman–Crippen MR) is 147 cm³/mol. The number of aryl methyl sites for hydroxylation is 2. The van der Waals surface area contributed by atoms with E-state index >= 15 is 0 Å². The number of benzene rings is 2. The minimum Gasteiger partial charge on any atom is -0.378 e. The summed E-state index contributed by atoms with van der Waals surface area (Å²) in [5.41, 5.74) is 5.99. The highest BCUT2D eigenvalue weighted by atomic mass is 127. The van der Waals surface area contributed by atoms with E-state index in [0.29, 0.717) is 13.1 Å². The Labute approximate surface area is 211 Å². The van der Waals surface area contributed by atoms with Crippen molar-refractivity contribution in [3.8, 4) is 0 Å². The normalized spacial score (nSPS) is 20.8. The van der Waals surface area contributed by atoms with Crippen LogP contribution in [0.1, 0.15) is 30.9 Å². The van der Waals surface area contributed by atoms with Crippen LogP contribution in [0.5, 0.6) is 0 Å². The van der Waals surface area contributed by atoms with Crippen molar-refractivity contribution in [2.45, 2.75) is 43.3 Å². The molecule has 0 aromatic heterocycles. The van der Waals surface area contributed by atoms with Gasteiger partial charge in [-0.3, -0.25) is 0 Å². The lowest BCUT2D eigenvalue weighted by molar-refractivity contribution is 0.384. The lowest BCUT2D eigenvalue weighted by Crippen LogP contribution is -2.49. The quantitative estimate of drug-likeness (QED) is 0.378. The second-order valence-electron chi connectivity index (χ2n) is 9.31. The molecule has 2 fully saturated rings. The Kier molecular flexibility index (Phi) is 6.29. The molecule has 1 saturated carbocycles. The van der Waals surface area contributed by atoms with Gasteiger partial charge in [-0.05, 0) is 82.8 Å². The van der Waals surface area contributed by atoms with E-state index in [1.807, 2.05) is 0 Å². The molecule has 0 radical (unpaired) electrons. The second-order valence-corrected chi connectivity index (χ2v) is 15.6. The molecule has 1 aliphatic carbocycles. The monoisotopic (exact) mass is 598 g/mol. The van der Waals surface area contributed by atoms with Crippen molar-refractivity contribution in [2.75, 3.05) is 50.1 Å². The molecule has 2 aromatic rings. The Bertz CT molecular complexity index is 1350. The van der Waals surface area contributed by atoms with Gasteiger partial charge in [0, 0.05) is 61.1 Å². The largest absolute Gasteiger partial charge is 0.378 e. The Morgan fingerprint density at radius 1 is 1.12 bits per heavy atom. The first-order valence-corrected chi connectivity index (χ1v) is 16.8. The van der Waals surface area contributed by atoms with E-state index in [2.05, 4.69) is 83.2 Å². The Morgan fingerprint density at radius 3 is 2.42 bits per heavy atom. The zero-order valence-corrected chi connectivity index (χ0v) is 23.4. The number of halogens is 1. The molecule has 2 heterocycles. The van der Waals surface area contributed by atoms with Gasteiger partial charge in [0.1, 0.15) is 0 Å². The number of hydrogen-bond acceptors (Lipinski definition) is 5. The van der Waals surface area contributed by atoms with Crippen LogP contribution in [0.2, 0.25) is 0 Å². The molecule has 9 heteroatoms. The SMILES string of the molecule is CCc1cc(N(C)C)cc2c1=Nc1c(C)cc(N3CCN(S(=O)(=O)C4CC4)CC3)cc1S=2I. The molecule has 2 aromatic carbocycles. The minimum absolute atomic E-state index is 0.106. The van der Waals surface area contributed by atoms with Gasteiger partial charge in [0.2, 0.25) is 10.0 Å². The fraction of sp³-hybridized carbons (Fsp3) is 0.500. The minimum atomic E-state index is -3.09. The molecule has 0 N–H and O–H groups in total. The smallest absolute Gasteiger partial charge is 0.217 e. The molecule has 5 rings (SSSR count). The highest BCUT2D eigenvalue weighted by Gasteiger charge is 2.41. The summed E-state index contributed by atoms with van der Waals surface area (Å²) >= 11 is 2.59. The van der Waals surface area contributed by atoms with Crippen LogP contribution < -0.4 is 15.2 Å². The van der Waals surface area contributed by atoms with Gasteiger partial charge < -0.3 is 9.80 Å². The van der Waals surface area contributed by atoms with Gasteiger partial charge in [0.15, 0.2) is 0 Å². The highest BCUT2D eigenvalue weighted by molar-refractivity contribution is 14.2. The van der Waals surface area contributed by atoms with Gasteiger partial charge in [0.05, 0.1) is 16.3 Å². The summed E-state index contributed by atoms with van der Waals surface area (Å²) in [6.45, 7) is 6.96. The van der Waals surface area contributed by atoms with E-state index in [-0.39, 0.29) is 12.9 Å². The average molecular weight is 599 g/mol. The van der Waals surface area contributed by atoms with E-state index in [4.69, 9.17) is 4.99 Å². The van der Waals surface area contributed by atoms with Crippen molar-refractivity contribution < 1.29 is 8.42 Å². The molecular formula is C24H31IN4O2S2. The molecule has 1 atom stereocenters. The summed E-state index contributed by atoms with van der Waals surface area (Å²) < 4.78 is 28.2. The number of piperazine rings is 1. The van der Waals surface area contributed by atoms with Crippen LogP contribution in [0, 0.1) is 11.4 Å². The molecular weight excluding hydrogens is 567 g/mol. The van der Waals surface area contributed by atoms with Crippen molar-refractivity contribution >= 4 is 55.9 Å². The predicted octanol–water partition coefficient (Wildman–Crippen LogP) is 4.43. The van der Waals surface area contributed by atoms with E-state index in [1.54, 1.807) is 4.31 Å². The summed E-state index contributed by atoms with van der Waals surface area (Å²) in [6, 6.07) is 9.08. The Morgan fingerprint density at radius 2 is 1.82 bits per heavy atom.